The molecule has 2 heterocycles. The lowest BCUT2D eigenvalue weighted by Gasteiger charge is -2.05. The molecule has 0 radical (unpaired) electrons. The molecular weight excluding hydrogens is 308 g/mol. The van der Waals surface area contributed by atoms with E-state index in [1.807, 2.05) is 18.2 Å². The molecule has 0 saturated carbocycles. The number of benzene rings is 1. The summed E-state index contributed by atoms with van der Waals surface area (Å²) in [6.07, 6.45) is 1.75. The van der Waals surface area contributed by atoms with E-state index in [1.165, 1.54) is 17.2 Å². The summed E-state index contributed by atoms with van der Waals surface area (Å²) in [5, 5.41) is 0. The molecule has 0 amide bonds. The van der Waals surface area contributed by atoms with Crippen molar-refractivity contribution in [2.75, 3.05) is 6.61 Å². The lowest BCUT2D eigenvalue weighted by Crippen LogP contribution is -2.37. The molecule has 126 valence electrons. The molecule has 0 fully saturated rings. The van der Waals surface area contributed by atoms with Crippen molar-refractivity contribution in [2.45, 2.75) is 12.8 Å². The van der Waals surface area contributed by atoms with Gasteiger partial charge in [-0.15, -0.1) is 0 Å². The number of imidazole rings is 1. The van der Waals surface area contributed by atoms with Crippen molar-refractivity contribution in [2.24, 2.45) is 21.1 Å². The van der Waals surface area contributed by atoms with Crippen LogP contribution in [0.2, 0.25) is 0 Å². The van der Waals surface area contributed by atoms with E-state index in [2.05, 4.69) is 17.1 Å². The highest BCUT2D eigenvalue weighted by Gasteiger charge is 2.17. The van der Waals surface area contributed by atoms with Crippen LogP contribution in [0, 0.1) is 0 Å². The van der Waals surface area contributed by atoms with Gasteiger partial charge in [-0.3, -0.25) is 18.5 Å². The number of aryl methyl sites for hydroxylation is 3. The molecule has 3 rings (SSSR count). The Bertz CT molecular complexity index is 983. The lowest BCUT2D eigenvalue weighted by atomic mass is 10.1. The largest absolute Gasteiger partial charge is 0.465 e. The normalized spacial score (nSPS) is 11.1. The first-order valence-corrected chi connectivity index (χ1v) is 7.80. The quantitative estimate of drug-likeness (QED) is 0.655. The Morgan fingerprint density at radius 3 is 2.42 bits per heavy atom. The summed E-state index contributed by atoms with van der Waals surface area (Å²) in [5.41, 5.74) is 1.17. The van der Waals surface area contributed by atoms with Gasteiger partial charge >= 0.3 is 5.69 Å². The van der Waals surface area contributed by atoms with E-state index >= 15 is 0 Å². The van der Waals surface area contributed by atoms with E-state index < -0.39 is 5.69 Å². The minimum Gasteiger partial charge on any atom is -0.465 e. The van der Waals surface area contributed by atoms with Gasteiger partial charge < -0.3 is 4.74 Å². The Morgan fingerprint density at radius 2 is 1.71 bits per heavy atom. The van der Waals surface area contributed by atoms with Crippen molar-refractivity contribution < 1.29 is 4.74 Å². The molecule has 1 aromatic carbocycles. The molecule has 3 aromatic rings. The fourth-order valence-corrected chi connectivity index (χ4v) is 2.71. The molecule has 2 aromatic heterocycles. The highest BCUT2D eigenvalue weighted by Crippen LogP contribution is 2.15. The van der Waals surface area contributed by atoms with Crippen LogP contribution < -0.4 is 16.0 Å². The van der Waals surface area contributed by atoms with Gasteiger partial charge in [-0.25, -0.2) is 4.79 Å². The molecule has 0 unspecified atom stereocenters. The van der Waals surface area contributed by atoms with Crippen LogP contribution in [0.15, 0.2) is 39.9 Å². The summed E-state index contributed by atoms with van der Waals surface area (Å²) in [4.78, 5) is 28.6. The Hall–Kier alpha value is -2.83. The Balaban J connectivity index is 1.80. The van der Waals surface area contributed by atoms with E-state index in [-0.39, 0.29) is 5.56 Å². The monoisotopic (exact) mass is 328 g/mol. The van der Waals surface area contributed by atoms with Crippen molar-refractivity contribution in [3.8, 4) is 6.01 Å². The average molecular weight is 328 g/mol. The third-order valence-electron chi connectivity index (χ3n) is 4.12. The molecule has 0 spiro atoms. The number of ether oxygens (including phenoxy) is 1. The molecule has 0 atom stereocenters. The van der Waals surface area contributed by atoms with Crippen LogP contribution in [-0.4, -0.2) is 25.3 Å². The van der Waals surface area contributed by atoms with E-state index in [9.17, 15) is 9.59 Å². The third-order valence-corrected chi connectivity index (χ3v) is 4.12. The summed E-state index contributed by atoms with van der Waals surface area (Å²) >= 11 is 0. The maximum Gasteiger partial charge on any atom is 0.332 e. The second kappa shape index (κ2) is 6.35. The van der Waals surface area contributed by atoms with E-state index in [0.29, 0.717) is 23.8 Å². The average Bonchev–Trinajstić information content (AvgIpc) is 2.93. The van der Waals surface area contributed by atoms with Crippen molar-refractivity contribution in [1.29, 1.82) is 0 Å². The molecule has 0 aliphatic rings. The SMILES string of the molecule is Cn1c(=O)c2c(nc(OCCCc3ccccc3)n2C)n(C)c1=O. The van der Waals surface area contributed by atoms with Gasteiger partial charge in [-0.2, -0.15) is 4.98 Å². The predicted octanol–water partition coefficient (Wildman–Crippen LogP) is 0.982. The topological polar surface area (TPSA) is 71.1 Å². The van der Waals surface area contributed by atoms with Gasteiger partial charge in [0.1, 0.15) is 0 Å². The van der Waals surface area contributed by atoms with Crippen molar-refractivity contribution >= 4 is 11.2 Å². The molecule has 0 N–H and O–H groups in total. The van der Waals surface area contributed by atoms with E-state index in [4.69, 9.17) is 4.74 Å². The Kier molecular flexibility index (Phi) is 4.24. The Labute approximate surface area is 138 Å². The zero-order valence-corrected chi connectivity index (χ0v) is 14.0. The fourth-order valence-electron chi connectivity index (χ4n) is 2.71. The van der Waals surface area contributed by atoms with Gasteiger partial charge in [0.05, 0.1) is 6.61 Å². The summed E-state index contributed by atoms with van der Waals surface area (Å²) in [6, 6.07) is 10.5. The van der Waals surface area contributed by atoms with Gasteiger partial charge in [0.2, 0.25) is 0 Å². The molecule has 7 nitrogen and oxygen atoms in total. The third kappa shape index (κ3) is 2.73. The highest BCUT2D eigenvalue weighted by molar-refractivity contribution is 5.71. The molecular formula is C17H20N4O3. The zero-order chi connectivity index (χ0) is 17.3. The van der Waals surface area contributed by atoms with Crippen LogP contribution in [0.4, 0.5) is 0 Å². The van der Waals surface area contributed by atoms with Crippen LogP contribution in [0.1, 0.15) is 12.0 Å². The lowest BCUT2D eigenvalue weighted by molar-refractivity contribution is 0.279. The number of nitrogens with zero attached hydrogens (tertiary/aromatic N) is 4. The van der Waals surface area contributed by atoms with Gasteiger partial charge in [-0.1, -0.05) is 30.3 Å². The summed E-state index contributed by atoms with van der Waals surface area (Å²) in [7, 11) is 4.77. The van der Waals surface area contributed by atoms with Crippen LogP contribution in [0.3, 0.4) is 0 Å². The molecule has 24 heavy (non-hydrogen) atoms. The summed E-state index contributed by atoms with van der Waals surface area (Å²) < 4.78 is 9.75. The minimum absolute atomic E-state index is 0.337. The summed E-state index contributed by atoms with van der Waals surface area (Å²) in [5.74, 6) is 0. The number of rotatable bonds is 5. The first kappa shape index (κ1) is 16.0. The van der Waals surface area contributed by atoms with E-state index in [1.54, 1.807) is 18.7 Å². The van der Waals surface area contributed by atoms with Crippen LogP contribution in [0.5, 0.6) is 6.01 Å². The predicted molar refractivity (Wildman–Crippen MR) is 91.5 cm³/mol. The zero-order valence-electron chi connectivity index (χ0n) is 14.0. The minimum atomic E-state index is -0.402. The van der Waals surface area contributed by atoms with Crippen LogP contribution in [-0.2, 0) is 27.6 Å². The van der Waals surface area contributed by atoms with Gasteiger partial charge in [0.25, 0.3) is 11.6 Å². The first-order chi connectivity index (χ1) is 11.5. The second-order valence-electron chi connectivity index (χ2n) is 5.77. The van der Waals surface area contributed by atoms with Crippen molar-refractivity contribution in [3.63, 3.8) is 0 Å². The van der Waals surface area contributed by atoms with Crippen LogP contribution >= 0.6 is 0 Å². The van der Waals surface area contributed by atoms with Gasteiger partial charge in [0, 0.05) is 21.1 Å². The maximum absolute atomic E-state index is 12.3. The van der Waals surface area contributed by atoms with E-state index in [0.717, 1.165) is 17.4 Å². The maximum atomic E-state index is 12.3. The second-order valence-corrected chi connectivity index (χ2v) is 5.77. The highest BCUT2D eigenvalue weighted by atomic mass is 16.5. The summed E-state index contributed by atoms with van der Waals surface area (Å²) in [6.45, 7) is 0.486. The molecule has 0 aliphatic carbocycles. The smallest absolute Gasteiger partial charge is 0.332 e. The standard InChI is InChI=1S/C17H20N4O3/c1-19-13-14(20(2)17(23)21(3)15(13)22)18-16(19)24-11-7-10-12-8-5-4-6-9-12/h4-6,8-9H,7,10-11H2,1-3H3. The molecule has 7 heteroatoms. The van der Waals surface area contributed by atoms with Crippen molar-refractivity contribution in [1.82, 2.24) is 18.7 Å². The number of hydrogen-bond donors (Lipinski definition) is 0. The van der Waals surface area contributed by atoms with Gasteiger partial charge in [0.15, 0.2) is 11.2 Å². The van der Waals surface area contributed by atoms with Crippen molar-refractivity contribution in [3.05, 3.63) is 56.7 Å². The number of hydrogen-bond acceptors (Lipinski definition) is 4. The molecule has 0 saturated heterocycles. The number of aromatic nitrogens is 4. The first-order valence-electron chi connectivity index (χ1n) is 7.80. The number of fused-ring (bicyclic) bond motifs is 1. The Morgan fingerprint density at radius 1 is 1.00 bits per heavy atom. The molecule has 0 aliphatic heterocycles. The fraction of sp³-hybridized carbons (Fsp3) is 0.353. The van der Waals surface area contributed by atoms with Crippen LogP contribution in [0.25, 0.3) is 11.2 Å². The molecule has 0 bridgehead atoms. The van der Waals surface area contributed by atoms with Gasteiger partial charge in [-0.05, 0) is 18.4 Å².